The van der Waals surface area contributed by atoms with Crippen LogP contribution in [0, 0.1) is 13.0 Å². The summed E-state index contributed by atoms with van der Waals surface area (Å²) in [6.07, 6.45) is 2.48. The number of benzene rings is 1. The summed E-state index contributed by atoms with van der Waals surface area (Å²) in [5, 5.41) is 0. The molecule has 1 saturated heterocycles. The van der Waals surface area contributed by atoms with Crippen molar-refractivity contribution in [2.75, 3.05) is 39.2 Å². The summed E-state index contributed by atoms with van der Waals surface area (Å²) in [6, 6.07) is 7.88. The SMILES string of the molecule is CCC.COc1[c-]cc(C)c(N2CCC(N(C)C)C2)c1.[K+]. The average molecular weight is 317 g/mol. The molecule has 0 N–H and O–H groups in total. The minimum atomic E-state index is 0. The van der Waals surface area contributed by atoms with Crippen LogP contribution in [0.3, 0.4) is 0 Å². The van der Waals surface area contributed by atoms with Gasteiger partial charge in [-0.05, 0) is 20.5 Å². The van der Waals surface area contributed by atoms with Gasteiger partial charge in [0.1, 0.15) is 0 Å². The van der Waals surface area contributed by atoms with Gasteiger partial charge in [0, 0.05) is 24.9 Å². The first-order valence-corrected chi connectivity index (χ1v) is 7.51. The average Bonchev–Trinajstić information content (AvgIpc) is 2.90. The Morgan fingerprint density at radius 3 is 2.48 bits per heavy atom. The first kappa shape index (κ1) is 21.4. The standard InChI is InChI=1S/C14H21N2O.C3H8.K/c1-11-5-6-13(17-4)9-14(11)16-8-7-12(10-16)15(2)3;1-3-2;/h5,9,12H,7-8,10H2,1-4H3;3H2,1-2H3;/q-1;;+1. The maximum Gasteiger partial charge on any atom is 1.00 e. The Labute approximate surface area is 173 Å². The first-order chi connectivity index (χ1) is 9.53. The van der Waals surface area contributed by atoms with Gasteiger partial charge < -0.3 is 14.5 Å². The molecule has 2 rings (SSSR count). The molecule has 1 aliphatic rings. The summed E-state index contributed by atoms with van der Waals surface area (Å²) >= 11 is 0. The van der Waals surface area contributed by atoms with Gasteiger partial charge in [-0.15, -0.1) is 17.7 Å². The Morgan fingerprint density at radius 1 is 1.38 bits per heavy atom. The quantitative estimate of drug-likeness (QED) is 0.592. The molecule has 0 aliphatic carbocycles. The Balaban J connectivity index is 0.000000922. The smallest absolute Gasteiger partial charge is 0.523 e. The van der Waals surface area contributed by atoms with E-state index in [-0.39, 0.29) is 51.4 Å². The third-order valence-corrected chi connectivity index (χ3v) is 3.56. The number of ether oxygens (including phenoxy) is 1. The van der Waals surface area contributed by atoms with Crippen molar-refractivity contribution in [1.29, 1.82) is 0 Å². The fourth-order valence-electron chi connectivity index (χ4n) is 2.37. The van der Waals surface area contributed by atoms with Crippen molar-refractivity contribution in [2.24, 2.45) is 0 Å². The maximum absolute atomic E-state index is 5.25. The van der Waals surface area contributed by atoms with Crippen LogP contribution in [0.4, 0.5) is 5.69 Å². The zero-order valence-electron chi connectivity index (χ0n) is 14.9. The molecule has 1 aromatic rings. The molecule has 1 unspecified atom stereocenters. The zero-order chi connectivity index (χ0) is 15.1. The molecule has 0 aromatic heterocycles. The van der Waals surface area contributed by atoms with Gasteiger partial charge in [-0.2, -0.15) is 6.07 Å². The van der Waals surface area contributed by atoms with E-state index in [0.29, 0.717) is 6.04 Å². The molecule has 1 fully saturated rings. The molecule has 1 atom stereocenters. The van der Waals surface area contributed by atoms with Crippen molar-refractivity contribution in [1.82, 2.24) is 4.90 Å². The van der Waals surface area contributed by atoms with Crippen molar-refractivity contribution in [2.45, 2.75) is 39.7 Å². The number of aryl methyl sites for hydroxylation is 1. The molecule has 0 radical (unpaired) electrons. The Morgan fingerprint density at radius 2 is 2.00 bits per heavy atom. The fraction of sp³-hybridized carbons (Fsp3) is 0.647. The molecule has 4 heteroatoms. The van der Waals surface area contributed by atoms with E-state index in [4.69, 9.17) is 4.74 Å². The van der Waals surface area contributed by atoms with Gasteiger partial charge in [0.25, 0.3) is 0 Å². The third-order valence-electron chi connectivity index (χ3n) is 3.56. The van der Waals surface area contributed by atoms with Gasteiger partial charge in [0.2, 0.25) is 0 Å². The minimum absolute atomic E-state index is 0. The maximum atomic E-state index is 5.25. The topological polar surface area (TPSA) is 15.7 Å². The zero-order valence-corrected chi connectivity index (χ0v) is 18.0. The van der Waals surface area contributed by atoms with Crippen molar-refractivity contribution in [3.8, 4) is 5.75 Å². The van der Waals surface area contributed by atoms with E-state index >= 15 is 0 Å². The normalized spacial score (nSPS) is 17.1. The molecule has 1 aromatic carbocycles. The largest absolute Gasteiger partial charge is 1.00 e. The van der Waals surface area contributed by atoms with E-state index in [1.165, 1.54) is 24.1 Å². The van der Waals surface area contributed by atoms with Gasteiger partial charge >= 0.3 is 51.4 Å². The van der Waals surface area contributed by atoms with E-state index in [1.54, 1.807) is 7.11 Å². The van der Waals surface area contributed by atoms with Gasteiger partial charge in [0.05, 0.1) is 7.11 Å². The summed E-state index contributed by atoms with van der Waals surface area (Å²) in [4.78, 5) is 4.75. The van der Waals surface area contributed by atoms with E-state index < -0.39 is 0 Å². The number of nitrogens with zero attached hydrogens (tertiary/aromatic N) is 2. The molecule has 1 aliphatic heterocycles. The van der Waals surface area contributed by atoms with Crippen molar-refractivity contribution in [3.05, 3.63) is 23.8 Å². The summed E-state index contributed by atoms with van der Waals surface area (Å²) in [5.74, 6) is 0.818. The predicted octanol–water partition coefficient (Wildman–Crippen LogP) is 0.364. The van der Waals surface area contributed by atoms with E-state index in [1.807, 2.05) is 6.07 Å². The van der Waals surface area contributed by atoms with Gasteiger partial charge in [0.15, 0.2) is 0 Å². The van der Waals surface area contributed by atoms with Crippen molar-refractivity contribution >= 4 is 5.69 Å². The van der Waals surface area contributed by atoms with Crippen LogP contribution in [-0.2, 0) is 0 Å². The number of methoxy groups -OCH3 is 1. The number of hydrogen-bond donors (Lipinski definition) is 0. The fourth-order valence-corrected chi connectivity index (χ4v) is 2.37. The van der Waals surface area contributed by atoms with Crippen LogP contribution >= 0.6 is 0 Å². The molecular formula is C17H29KN2O. The third kappa shape index (κ3) is 6.59. The monoisotopic (exact) mass is 316 g/mol. The number of anilines is 1. The van der Waals surface area contributed by atoms with Crippen LogP contribution < -0.4 is 61.0 Å². The van der Waals surface area contributed by atoms with Crippen LogP contribution in [0.15, 0.2) is 12.1 Å². The van der Waals surface area contributed by atoms with Gasteiger partial charge in [-0.25, -0.2) is 0 Å². The Kier molecular flexibility index (Phi) is 11.2. The van der Waals surface area contributed by atoms with Crippen LogP contribution in [0.5, 0.6) is 5.75 Å². The molecule has 21 heavy (non-hydrogen) atoms. The summed E-state index contributed by atoms with van der Waals surface area (Å²) in [7, 11) is 6.00. The van der Waals surface area contributed by atoms with Crippen molar-refractivity contribution < 1.29 is 56.1 Å². The molecule has 1 heterocycles. The van der Waals surface area contributed by atoms with Crippen LogP contribution in [0.2, 0.25) is 0 Å². The summed E-state index contributed by atoms with van der Waals surface area (Å²) in [6.45, 7) is 8.60. The molecule has 0 bridgehead atoms. The second-order valence-corrected chi connectivity index (χ2v) is 5.63. The van der Waals surface area contributed by atoms with Crippen molar-refractivity contribution in [3.63, 3.8) is 0 Å². The predicted molar refractivity (Wildman–Crippen MR) is 86.8 cm³/mol. The summed E-state index contributed by atoms with van der Waals surface area (Å²) in [5.41, 5.74) is 2.55. The molecule has 0 saturated carbocycles. The number of likely N-dealkylation sites (N-methyl/N-ethyl adjacent to an activating group) is 1. The minimum Gasteiger partial charge on any atom is -0.523 e. The van der Waals surface area contributed by atoms with Crippen LogP contribution in [-0.4, -0.2) is 45.2 Å². The number of hydrogen-bond acceptors (Lipinski definition) is 3. The second-order valence-electron chi connectivity index (χ2n) is 5.63. The van der Waals surface area contributed by atoms with Crippen LogP contribution in [0.25, 0.3) is 0 Å². The Hall–Kier alpha value is 0.416. The Bertz CT molecular complexity index is 410. The van der Waals surface area contributed by atoms with E-state index in [0.717, 1.165) is 18.8 Å². The first-order valence-electron chi connectivity index (χ1n) is 7.51. The van der Waals surface area contributed by atoms with E-state index in [2.05, 4.69) is 56.8 Å². The molecule has 0 spiro atoms. The number of rotatable bonds is 3. The van der Waals surface area contributed by atoms with E-state index in [9.17, 15) is 0 Å². The second kappa shape index (κ2) is 11.0. The summed E-state index contributed by atoms with van der Waals surface area (Å²) < 4.78 is 5.25. The van der Waals surface area contributed by atoms with Gasteiger partial charge in [-0.1, -0.05) is 32.9 Å². The molecular weight excluding hydrogens is 287 g/mol. The van der Waals surface area contributed by atoms with Gasteiger partial charge in [-0.3, -0.25) is 0 Å². The molecule has 114 valence electrons. The molecule has 3 nitrogen and oxygen atoms in total. The molecule has 0 amide bonds. The van der Waals surface area contributed by atoms with Crippen LogP contribution in [0.1, 0.15) is 32.3 Å².